The fraction of sp³-hybridized carbons (Fsp3) is 0.593. The Bertz CT molecular complexity index is 1030. The van der Waals surface area contributed by atoms with Gasteiger partial charge in [-0.05, 0) is 24.3 Å². The number of imidazole rings is 1. The highest BCUT2D eigenvalue weighted by molar-refractivity contribution is 5.76. The fourth-order valence-corrected chi connectivity index (χ4v) is 3.75. The monoisotopic (exact) mass is 531 g/mol. The van der Waals surface area contributed by atoms with E-state index in [4.69, 9.17) is 4.74 Å². The van der Waals surface area contributed by atoms with E-state index in [2.05, 4.69) is 56.1 Å². The summed E-state index contributed by atoms with van der Waals surface area (Å²) < 4.78 is 9.88. The summed E-state index contributed by atoms with van der Waals surface area (Å²) in [6.07, 6.45) is 6.29. The molecule has 2 rings (SSSR count). The number of azo groups is 1. The number of nitrogens with zero attached hydrogens (tertiary/aromatic N) is 5. The zero-order valence-corrected chi connectivity index (χ0v) is 24.0. The maximum Gasteiger partial charge on any atom is 0.421 e. The molecule has 0 saturated heterocycles. The molecule has 0 aliphatic carbocycles. The van der Waals surface area contributed by atoms with Crippen molar-refractivity contribution in [1.29, 1.82) is 0 Å². The van der Waals surface area contributed by atoms with Crippen molar-refractivity contribution in [3.05, 3.63) is 36.7 Å². The van der Waals surface area contributed by atoms with Crippen LogP contribution in [0.15, 0.2) is 46.9 Å². The highest BCUT2D eigenvalue weighted by atomic mass is 16.5. The van der Waals surface area contributed by atoms with Gasteiger partial charge in [0.1, 0.15) is 11.4 Å². The Morgan fingerprint density at radius 2 is 1.66 bits per heavy atom. The summed E-state index contributed by atoms with van der Waals surface area (Å²) >= 11 is 0. The van der Waals surface area contributed by atoms with Crippen LogP contribution >= 0.6 is 0 Å². The van der Waals surface area contributed by atoms with Gasteiger partial charge in [-0.2, -0.15) is 0 Å². The minimum atomic E-state index is 0.00337. The normalized spacial score (nSPS) is 11.8. The highest BCUT2D eigenvalue weighted by Crippen LogP contribution is 2.20. The average Bonchev–Trinajstić information content (AvgIpc) is 3.26. The van der Waals surface area contributed by atoms with Gasteiger partial charge in [-0.15, -0.1) is 0 Å². The molecule has 11 nitrogen and oxygen atoms in total. The van der Waals surface area contributed by atoms with E-state index in [1.807, 2.05) is 45.8 Å². The third-order valence-electron chi connectivity index (χ3n) is 5.93. The average molecular weight is 532 g/mol. The van der Waals surface area contributed by atoms with Crippen LogP contribution in [0.4, 0.5) is 11.6 Å². The first-order valence-corrected chi connectivity index (χ1v) is 13.3. The van der Waals surface area contributed by atoms with E-state index in [-0.39, 0.29) is 11.8 Å². The molecule has 2 aromatic rings. The lowest BCUT2D eigenvalue weighted by Gasteiger charge is -2.23. The second kappa shape index (κ2) is 15.8. The molecule has 1 aromatic heterocycles. The largest absolute Gasteiger partial charge is 0.497 e. The van der Waals surface area contributed by atoms with Crippen molar-refractivity contribution in [2.45, 2.75) is 38.8 Å². The number of carbonyl (C=O) groups is 2. The Balaban J connectivity index is 2.01. The fourth-order valence-electron chi connectivity index (χ4n) is 3.75. The summed E-state index contributed by atoms with van der Waals surface area (Å²) in [5, 5.41) is 14.9. The molecule has 210 valence electrons. The highest BCUT2D eigenvalue weighted by Gasteiger charge is 2.19. The SMILES string of the molecule is COc1ccc(N=Nc2n(CCC(=O)NCCC[NH+](C)C)cc[n+]2CCC(=O)NCCC[N+](C)(C)C)cc1. The van der Waals surface area contributed by atoms with Crippen molar-refractivity contribution < 1.29 is 28.3 Å². The molecular weight excluding hydrogens is 484 g/mol. The molecule has 0 spiro atoms. The number of hydrogen-bond acceptors (Lipinski definition) is 5. The van der Waals surface area contributed by atoms with E-state index in [1.54, 1.807) is 7.11 Å². The zero-order valence-electron chi connectivity index (χ0n) is 24.0. The number of rotatable bonds is 17. The van der Waals surface area contributed by atoms with Crippen LogP contribution in [-0.4, -0.2) is 89.4 Å². The number of benzene rings is 1. The van der Waals surface area contributed by atoms with Crippen molar-refractivity contribution in [3.8, 4) is 5.75 Å². The molecule has 3 N–H and O–H groups in total. The second-order valence-corrected chi connectivity index (χ2v) is 10.8. The van der Waals surface area contributed by atoms with Gasteiger partial charge in [0.05, 0.1) is 93.8 Å². The van der Waals surface area contributed by atoms with Crippen LogP contribution in [0.2, 0.25) is 0 Å². The van der Waals surface area contributed by atoms with Gasteiger partial charge >= 0.3 is 5.95 Å². The van der Waals surface area contributed by atoms with E-state index >= 15 is 0 Å². The first-order chi connectivity index (χ1) is 18.1. The van der Waals surface area contributed by atoms with Gasteiger partial charge in [0.25, 0.3) is 0 Å². The summed E-state index contributed by atoms with van der Waals surface area (Å²) in [7, 11) is 12.2. The van der Waals surface area contributed by atoms with Crippen molar-refractivity contribution in [2.24, 2.45) is 10.2 Å². The third kappa shape index (κ3) is 12.3. The number of aromatic nitrogens is 2. The summed E-state index contributed by atoms with van der Waals surface area (Å²) in [4.78, 5) is 26.1. The Kier molecular flexibility index (Phi) is 12.9. The van der Waals surface area contributed by atoms with Gasteiger partial charge in [-0.25, -0.2) is 9.13 Å². The van der Waals surface area contributed by atoms with E-state index in [9.17, 15) is 9.59 Å². The van der Waals surface area contributed by atoms with Crippen LogP contribution in [-0.2, 0) is 22.7 Å². The molecule has 0 saturated carbocycles. The lowest BCUT2D eigenvalue weighted by molar-refractivity contribution is -0.870. The molecule has 0 atom stereocenters. The number of quaternary nitrogens is 2. The van der Waals surface area contributed by atoms with E-state index in [0.29, 0.717) is 50.7 Å². The van der Waals surface area contributed by atoms with E-state index in [1.165, 1.54) is 4.90 Å². The second-order valence-electron chi connectivity index (χ2n) is 10.8. The number of aryl methyl sites for hydroxylation is 2. The predicted molar refractivity (Wildman–Crippen MR) is 147 cm³/mol. The quantitative estimate of drug-likeness (QED) is 0.122. The van der Waals surface area contributed by atoms with Crippen molar-refractivity contribution in [2.75, 3.05) is 68.5 Å². The molecule has 2 amide bonds. The minimum Gasteiger partial charge on any atom is -0.497 e. The van der Waals surface area contributed by atoms with Gasteiger partial charge in [-0.3, -0.25) is 9.59 Å². The molecule has 0 radical (unpaired) electrons. The first kappa shape index (κ1) is 30.9. The van der Waals surface area contributed by atoms with E-state index in [0.717, 1.165) is 36.2 Å². The minimum absolute atomic E-state index is 0.00337. The molecule has 0 fully saturated rings. The number of carbonyl (C=O) groups excluding carboxylic acids is 2. The van der Waals surface area contributed by atoms with Crippen LogP contribution in [0, 0.1) is 0 Å². The number of amides is 2. The van der Waals surface area contributed by atoms with Crippen molar-refractivity contribution in [3.63, 3.8) is 0 Å². The zero-order chi connectivity index (χ0) is 28.0. The molecule has 0 aliphatic rings. The van der Waals surface area contributed by atoms with Crippen LogP contribution < -0.4 is 24.8 Å². The molecule has 0 bridgehead atoms. The number of hydrogen-bond donors (Lipinski definition) is 3. The van der Waals surface area contributed by atoms with Crippen LogP contribution in [0.3, 0.4) is 0 Å². The Hall–Kier alpha value is -3.31. The van der Waals surface area contributed by atoms with Crippen molar-refractivity contribution in [1.82, 2.24) is 15.2 Å². The predicted octanol–water partition coefficient (Wildman–Crippen LogP) is 0.843. The lowest BCUT2D eigenvalue weighted by atomic mass is 10.3. The van der Waals surface area contributed by atoms with Gasteiger partial charge in [0.2, 0.25) is 11.8 Å². The standard InChI is InChI=1S/C27H44N8O3/c1-32(2)17-7-15-28-25(36)13-18-33-20-21-34(19-14-26(37)29-16-8-22-35(3,4)5)27(33)31-30-23-9-11-24(38-6)12-10-23/h9-12,20-21H,7-8,13-19,22H2,1-6H3/p+3. The maximum atomic E-state index is 12.4. The molecule has 11 heteroatoms. The lowest BCUT2D eigenvalue weighted by Crippen LogP contribution is -3.05. The van der Waals surface area contributed by atoms with Crippen LogP contribution in [0.5, 0.6) is 5.75 Å². The number of nitrogens with one attached hydrogen (secondary N) is 3. The van der Waals surface area contributed by atoms with Crippen molar-refractivity contribution >= 4 is 23.5 Å². The molecule has 1 aromatic carbocycles. The summed E-state index contributed by atoms with van der Waals surface area (Å²) in [6, 6.07) is 7.30. The Labute approximate surface area is 227 Å². The number of methoxy groups -OCH3 is 1. The number of ether oxygens (including phenoxy) is 1. The molecular formula is C27H47N8O3+3. The van der Waals surface area contributed by atoms with Crippen LogP contribution in [0.1, 0.15) is 25.7 Å². The molecule has 0 aliphatic heterocycles. The van der Waals surface area contributed by atoms with Gasteiger partial charge in [0.15, 0.2) is 0 Å². The van der Waals surface area contributed by atoms with Gasteiger partial charge < -0.3 is 24.8 Å². The smallest absolute Gasteiger partial charge is 0.421 e. The topological polar surface area (TPSA) is 105 Å². The molecule has 0 unspecified atom stereocenters. The van der Waals surface area contributed by atoms with Gasteiger partial charge in [-0.1, -0.05) is 5.11 Å². The first-order valence-electron chi connectivity index (χ1n) is 13.3. The third-order valence-corrected chi connectivity index (χ3v) is 5.93. The molecule has 38 heavy (non-hydrogen) atoms. The summed E-state index contributed by atoms with van der Waals surface area (Å²) in [6.45, 7) is 4.27. The Morgan fingerprint density at radius 3 is 2.29 bits per heavy atom. The Morgan fingerprint density at radius 1 is 1.00 bits per heavy atom. The molecule has 1 heterocycles. The van der Waals surface area contributed by atoms with Crippen LogP contribution in [0.25, 0.3) is 0 Å². The maximum absolute atomic E-state index is 12.4. The summed E-state index contributed by atoms with van der Waals surface area (Å²) in [5.41, 5.74) is 0.681. The summed E-state index contributed by atoms with van der Waals surface area (Å²) in [5.74, 6) is 1.34. The van der Waals surface area contributed by atoms with Gasteiger partial charge in [0, 0.05) is 31.0 Å². The van der Waals surface area contributed by atoms with E-state index < -0.39 is 0 Å².